The maximum atomic E-state index is 12.2. The molecule has 3 rings (SSSR count). The van der Waals surface area contributed by atoms with Gasteiger partial charge in [0, 0.05) is 18.9 Å². The van der Waals surface area contributed by atoms with E-state index < -0.39 is 11.9 Å². The minimum atomic E-state index is -0.829. The third kappa shape index (κ3) is 4.66. The molecule has 2 N–H and O–H groups in total. The Morgan fingerprint density at radius 1 is 1.32 bits per heavy atom. The van der Waals surface area contributed by atoms with E-state index >= 15 is 0 Å². The topological polar surface area (TPSA) is 105 Å². The fourth-order valence-electron chi connectivity index (χ4n) is 3.14. The third-order valence-corrected chi connectivity index (χ3v) is 5.32. The van der Waals surface area contributed by atoms with Crippen molar-refractivity contribution in [2.45, 2.75) is 51.0 Å². The highest BCUT2D eigenvalue weighted by molar-refractivity contribution is 7.13. The van der Waals surface area contributed by atoms with Crippen LogP contribution in [0.5, 0.6) is 0 Å². The summed E-state index contributed by atoms with van der Waals surface area (Å²) in [6.45, 7) is 0. The van der Waals surface area contributed by atoms with Gasteiger partial charge in [-0.3, -0.25) is 9.59 Å². The first-order valence-electron chi connectivity index (χ1n) is 8.52. The van der Waals surface area contributed by atoms with E-state index in [9.17, 15) is 14.7 Å². The number of nitrogens with zero attached hydrogens (tertiary/aromatic N) is 2. The fraction of sp³-hybridized carbons (Fsp3) is 0.529. The Kier molecular flexibility index (Phi) is 5.80. The zero-order valence-electron chi connectivity index (χ0n) is 13.8. The molecule has 8 heteroatoms. The molecule has 0 spiro atoms. The van der Waals surface area contributed by atoms with E-state index in [4.69, 9.17) is 4.52 Å². The van der Waals surface area contributed by atoms with Crippen LogP contribution in [0.4, 0.5) is 0 Å². The van der Waals surface area contributed by atoms with Gasteiger partial charge >= 0.3 is 5.97 Å². The summed E-state index contributed by atoms with van der Waals surface area (Å²) >= 11 is 1.52. The second-order valence-corrected chi connectivity index (χ2v) is 7.19. The highest BCUT2D eigenvalue weighted by Gasteiger charge is 2.30. The summed E-state index contributed by atoms with van der Waals surface area (Å²) in [4.78, 5) is 28.8. The standard InChI is InChI=1S/C17H21N3O4S/c21-14(18-12-6-3-1-2-5-11(12)17(22)23)8-9-15-19-16(20-24-15)13-7-4-10-25-13/h4,7,10-12H,1-3,5-6,8-9H2,(H,18,21)(H,22,23)/t11-,12+/m1/s1. The molecule has 2 heterocycles. The Labute approximate surface area is 149 Å². The van der Waals surface area contributed by atoms with Crippen molar-refractivity contribution >= 4 is 23.2 Å². The first-order valence-corrected chi connectivity index (χ1v) is 9.40. The molecule has 0 aromatic carbocycles. The van der Waals surface area contributed by atoms with E-state index in [1.165, 1.54) is 11.3 Å². The van der Waals surface area contributed by atoms with Crippen molar-refractivity contribution in [1.29, 1.82) is 0 Å². The Morgan fingerprint density at radius 2 is 2.16 bits per heavy atom. The van der Waals surface area contributed by atoms with Crippen LogP contribution in [0.2, 0.25) is 0 Å². The van der Waals surface area contributed by atoms with Crippen molar-refractivity contribution in [2.75, 3.05) is 0 Å². The molecule has 0 bridgehead atoms. The van der Waals surface area contributed by atoms with Crippen LogP contribution in [-0.2, 0) is 16.0 Å². The summed E-state index contributed by atoms with van der Waals surface area (Å²) in [7, 11) is 0. The molecule has 0 saturated heterocycles. The third-order valence-electron chi connectivity index (χ3n) is 4.46. The summed E-state index contributed by atoms with van der Waals surface area (Å²) in [5, 5.41) is 18.1. The maximum Gasteiger partial charge on any atom is 0.308 e. The smallest absolute Gasteiger partial charge is 0.308 e. The fourth-order valence-corrected chi connectivity index (χ4v) is 3.79. The summed E-state index contributed by atoms with van der Waals surface area (Å²) in [6.07, 6.45) is 4.74. The van der Waals surface area contributed by atoms with Gasteiger partial charge in [0.1, 0.15) is 0 Å². The van der Waals surface area contributed by atoms with Gasteiger partial charge in [0.15, 0.2) is 0 Å². The normalized spacial score (nSPS) is 20.8. The van der Waals surface area contributed by atoms with Crippen molar-refractivity contribution in [3.63, 3.8) is 0 Å². The Hall–Kier alpha value is -2.22. The van der Waals surface area contributed by atoms with Gasteiger partial charge in [0.2, 0.25) is 17.6 Å². The van der Waals surface area contributed by atoms with E-state index in [1.54, 1.807) is 0 Å². The lowest BCUT2D eigenvalue weighted by atomic mass is 9.94. The molecule has 7 nitrogen and oxygen atoms in total. The van der Waals surface area contributed by atoms with Crippen molar-refractivity contribution in [1.82, 2.24) is 15.5 Å². The summed E-state index contributed by atoms with van der Waals surface area (Å²) in [6, 6.07) is 3.52. The molecule has 1 amide bonds. The largest absolute Gasteiger partial charge is 0.481 e. The van der Waals surface area contributed by atoms with Crippen LogP contribution < -0.4 is 5.32 Å². The van der Waals surface area contributed by atoms with Gasteiger partial charge in [-0.2, -0.15) is 4.98 Å². The van der Waals surface area contributed by atoms with Gasteiger partial charge in [-0.25, -0.2) is 0 Å². The van der Waals surface area contributed by atoms with Crippen molar-refractivity contribution < 1.29 is 19.2 Å². The van der Waals surface area contributed by atoms with Crippen molar-refractivity contribution in [3.05, 3.63) is 23.4 Å². The monoisotopic (exact) mass is 363 g/mol. The van der Waals surface area contributed by atoms with E-state index in [-0.39, 0.29) is 18.4 Å². The number of hydrogen-bond donors (Lipinski definition) is 2. The number of aliphatic carboxylic acids is 1. The number of carboxylic acid groups (broad SMARTS) is 1. The minimum absolute atomic E-state index is 0.172. The van der Waals surface area contributed by atoms with Gasteiger partial charge in [0.25, 0.3) is 0 Å². The lowest BCUT2D eigenvalue weighted by Gasteiger charge is -2.22. The van der Waals surface area contributed by atoms with Gasteiger partial charge in [-0.05, 0) is 24.3 Å². The molecule has 134 valence electrons. The van der Waals surface area contributed by atoms with Crippen LogP contribution in [0.15, 0.2) is 22.0 Å². The van der Waals surface area contributed by atoms with Crippen LogP contribution >= 0.6 is 11.3 Å². The highest BCUT2D eigenvalue weighted by Crippen LogP contribution is 2.24. The number of carbonyl (C=O) groups is 2. The number of hydrogen-bond acceptors (Lipinski definition) is 6. The molecular formula is C17H21N3O4S. The molecule has 1 saturated carbocycles. The number of carbonyl (C=O) groups excluding carboxylic acids is 1. The average Bonchev–Trinajstić information content (AvgIpc) is 3.21. The first-order chi connectivity index (χ1) is 12.1. The molecule has 2 atom stereocenters. The first kappa shape index (κ1) is 17.6. The second-order valence-electron chi connectivity index (χ2n) is 6.25. The Bertz CT molecular complexity index is 713. The molecule has 1 fully saturated rings. The zero-order valence-corrected chi connectivity index (χ0v) is 14.6. The molecule has 0 aliphatic heterocycles. The van der Waals surface area contributed by atoms with Gasteiger partial charge in [0.05, 0.1) is 10.8 Å². The number of nitrogens with one attached hydrogen (secondary N) is 1. The quantitative estimate of drug-likeness (QED) is 0.765. The number of amides is 1. The van der Waals surface area contributed by atoms with Crippen LogP contribution in [-0.4, -0.2) is 33.2 Å². The Morgan fingerprint density at radius 3 is 2.92 bits per heavy atom. The van der Waals surface area contributed by atoms with Crippen LogP contribution in [0.1, 0.15) is 44.4 Å². The van der Waals surface area contributed by atoms with Crippen LogP contribution in [0.25, 0.3) is 10.7 Å². The summed E-state index contributed by atoms with van der Waals surface area (Å²) < 4.78 is 5.18. The average molecular weight is 363 g/mol. The van der Waals surface area contributed by atoms with Crippen molar-refractivity contribution in [2.24, 2.45) is 5.92 Å². The molecular weight excluding hydrogens is 342 g/mol. The molecule has 1 aliphatic rings. The number of rotatable bonds is 6. The lowest BCUT2D eigenvalue weighted by Crippen LogP contribution is -2.42. The van der Waals surface area contributed by atoms with Crippen LogP contribution in [0.3, 0.4) is 0 Å². The molecule has 1 aliphatic carbocycles. The molecule has 0 unspecified atom stereocenters. The minimum Gasteiger partial charge on any atom is -0.481 e. The number of aryl methyl sites for hydroxylation is 1. The molecule has 25 heavy (non-hydrogen) atoms. The number of carboxylic acids is 1. The van der Waals surface area contributed by atoms with E-state index in [0.717, 1.165) is 24.1 Å². The van der Waals surface area contributed by atoms with Gasteiger partial charge in [-0.1, -0.05) is 30.5 Å². The van der Waals surface area contributed by atoms with Gasteiger partial charge in [-0.15, -0.1) is 11.3 Å². The van der Waals surface area contributed by atoms with Crippen LogP contribution in [0, 0.1) is 5.92 Å². The number of thiophene rings is 1. The summed E-state index contributed by atoms with van der Waals surface area (Å²) in [5.74, 6) is -0.562. The van der Waals surface area contributed by atoms with Gasteiger partial charge < -0.3 is 14.9 Å². The molecule has 2 aromatic rings. The van der Waals surface area contributed by atoms with E-state index in [2.05, 4.69) is 15.5 Å². The maximum absolute atomic E-state index is 12.2. The zero-order chi connectivity index (χ0) is 17.6. The number of aromatic nitrogens is 2. The second kappa shape index (κ2) is 8.24. The van der Waals surface area contributed by atoms with E-state index in [0.29, 0.717) is 31.0 Å². The predicted octanol–water partition coefficient (Wildman–Crippen LogP) is 2.88. The molecule has 0 radical (unpaired) electrons. The molecule has 2 aromatic heterocycles. The predicted molar refractivity (Wildman–Crippen MR) is 92.1 cm³/mol. The van der Waals surface area contributed by atoms with E-state index in [1.807, 2.05) is 17.5 Å². The lowest BCUT2D eigenvalue weighted by molar-refractivity contribution is -0.143. The summed E-state index contributed by atoms with van der Waals surface area (Å²) in [5.41, 5.74) is 0. The highest BCUT2D eigenvalue weighted by atomic mass is 32.1. The Balaban J connectivity index is 1.53. The SMILES string of the molecule is O=C(CCc1nc(-c2cccs2)no1)N[C@H]1CCCCC[C@H]1C(=O)O. The van der Waals surface area contributed by atoms with Crippen molar-refractivity contribution in [3.8, 4) is 10.7 Å².